The van der Waals surface area contributed by atoms with Crippen molar-refractivity contribution in [1.29, 1.82) is 0 Å². The highest BCUT2D eigenvalue weighted by Crippen LogP contribution is 2.32. The van der Waals surface area contributed by atoms with Crippen LogP contribution in [0.1, 0.15) is 30.1 Å². The summed E-state index contributed by atoms with van der Waals surface area (Å²) < 4.78 is 11.0. The fourth-order valence-electron chi connectivity index (χ4n) is 4.05. The van der Waals surface area contributed by atoms with E-state index in [1.807, 2.05) is 35.2 Å². The average molecular weight is 437 g/mol. The molecule has 2 heterocycles. The molecule has 32 heavy (non-hydrogen) atoms. The average Bonchev–Trinajstić information content (AvgIpc) is 2.83. The predicted molar refractivity (Wildman–Crippen MR) is 119 cm³/mol. The molecule has 2 aliphatic rings. The number of Topliss-reactive ketones (excluding diaryl/α,β-unsaturated/α-hetero) is 1. The van der Waals surface area contributed by atoms with Gasteiger partial charge in [0.2, 0.25) is 5.91 Å². The summed E-state index contributed by atoms with van der Waals surface area (Å²) in [7, 11) is 0. The molecule has 8 heteroatoms. The Morgan fingerprint density at radius 3 is 2.38 bits per heavy atom. The minimum Gasteiger partial charge on any atom is -0.486 e. The number of carbonyl (C=O) groups is 3. The molecule has 0 aromatic heterocycles. The van der Waals surface area contributed by atoms with Crippen LogP contribution < -0.4 is 20.1 Å². The summed E-state index contributed by atoms with van der Waals surface area (Å²) in [5.74, 6) is 0.916. The number of benzene rings is 2. The van der Waals surface area contributed by atoms with Gasteiger partial charge in [0.15, 0.2) is 17.3 Å². The first-order valence-electron chi connectivity index (χ1n) is 10.9. The van der Waals surface area contributed by atoms with E-state index in [1.165, 1.54) is 0 Å². The van der Waals surface area contributed by atoms with E-state index in [4.69, 9.17) is 9.47 Å². The lowest BCUT2D eigenvalue weighted by molar-refractivity contribution is -0.125. The number of urea groups is 1. The minimum absolute atomic E-state index is 0.0394. The lowest BCUT2D eigenvalue weighted by atomic mass is 9.88. The van der Waals surface area contributed by atoms with Crippen LogP contribution in [-0.2, 0) is 4.79 Å². The maximum Gasteiger partial charge on any atom is 0.325 e. The Balaban J connectivity index is 1.26. The normalized spacial score (nSPS) is 17.3. The molecule has 0 saturated carbocycles. The fourth-order valence-corrected chi connectivity index (χ4v) is 4.05. The third kappa shape index (κ3) is 5.08. The monoisotopic (exact) mass is 437 g/mol. The SMILES string of the molecule is CC(C(=O)NC(=O)Nc1ccc2c(c1)OCCO2)N1CCC(C(=O)c2ccccc2)CC1. The van der Waals surface area contributed by atoms with Crippen LogP contribution in [-0.4, -0.2) is 55.0 Å². The summed E-state index contributed by atoms with van der Waals surface area (Å²) in [5, 5.41) is 5.05. The highest BCUT2D eigenvalue weighted by Gasteiger charge is 2.30. The number of carbonyl (C=O) groups excluding carboxylic acids is 3. The van der Waals surface area contributed by atoms with Gasteiger partial charge in [-0.1, -0.05) is 30.3 Å². The van der Waals surface area contributed by atoms with E-state index in [0.29, 0.717) is 56.3 Å². The molecule has 0 spiro atoms. The highest BCUT2D eigenvalue weighted by molar-refractivity contribution is 6.03. The molecule has 2 aromatic rings. The molecule has 0 aliphatic carbocycles. The Kier molecular flexibility index (Phi) is 6.70. The molecular weight excluding hydrogens is 410 g/mol. The first kappa shape index (κ1) is 21.8. The Morgan fingerprint density at radius 2 is 1.66 bits per heavy atom. The van der Waals surface area contributed by atoms with Crippen molar-refractivity contribution in [1.82, 2.24) is 10.2 Å². The van der Waals surface area contributed by atoms with Crippen molar-refractivity contribution in [3.05, 3.63) is 54.1 Å². The van der Waals surface area contributed by atoms with E-state index in [-0.39, 0.29) is 17.6 Å². The van der Waals surface area contributed by atoms with Crippen molar-refractivity contribution in [2.24, 2.45) is 5.92 Å². The number of nitrogens with zero attached hydrogens (tertiary/aromatic N) is 1. The molecule has 2 aromatic carbocycles. The molecular formula is C24H27N3O5. The predicted octanol–water partition coefficient (Wildman–Crippen LogP) is 3.09. The summed E-state index contributed by atoms with van der Waals surface area (Å²) in [6.07, 6.45) is 1.38. The first-order valence-corrected chi connectivity index (χ1v) is 10.9. The maximum absolute atomic E-state index is 12.7. The van der Waals surface area contributed by atoms with E-state index in [0.717, 1.165) is 5.56 Å². The second kappa shape index (κ2) is 9.82. The van der Waals surface area contributed by atoms with Crippen LogP contribution in [0.2, 0.25) is 0 Å². The van der Waals surface area contributed by atoms with Crippen LogP contribution >= 0.6 is 0 Å². The van der Waals surface area contributed by atoms with Gasteiger partial charge in [-0.2, -0.15) is 0 Å². The lowest BCUT2D eigenvalue weighted by Gasteiger charge is -2.34. The minimum atomic E-state index is -0.604. The van der Waals surface area contributed by atoms with Gasteiger partial charge in [-0.05, 0) is 45.0 Å². The zero-order valence-corrected chi connectivity index (χ0v) is 18.0. The molecule has 4 rings (SSSR count). The van der Waals surface area contributed by atoms with Gasteiger partial charge in [0.05, 0.1) is 6.04 Å². The summed E-state index contributed by atoms with van der Waals surface area (Å²) in [6.45, 7) is 3.96. The van der Waals surface area contributed by atoms with Crippen molar-refractivity contribution in [3.63, 3.8) is 0 Å². The molecule has 3 amide bonds. The van der Waals surface area contributed by atoms with Crippen molar-refractivity contribution in [2.75, 3.05) is 31.6 Å². The number of anilines is 1. The molecule has 2 N–H and O–H groups in total. The number of imide groups is 1. The number of ether oxygens (including phenoxy) is 2. The molecule has 0 radical (unpaired) electrons. The zero-order chi connectivity index (χ0) is 22.5. The number of ketones is 1. The van der Waals surface area contributed by atoms with Crippen LogP contribution in [0.4, 0.5) is 10.5 Å². The summed E-state index contributed by atoms with van der Waals surface area (Å²) in [5.41, 5.74) is 1.24. The van der Waals surface area contributed by atoms with Crippen LogP contribution in [0.25, 0.3) is 0 Å². The van der Waals surface area contributed by atoms with E-state index >= 15 is 0 Å². The summed E-state index contributed by atoms with van der Waals surface area (Å²) >= 11 is 0. The number of hydrogen-bond acceptors (Lipinski definition) is 6. The number of amides is 3. The van der Waals surface area contributed by atoms with E-state index in [9.17, 15) is 14.4 Å². The van der Waals surface area contributed by atoms with Crippen molar-refractivity contribution < 1.29 is 23.9 Å². The number of piperidine rings is 1. The van der Waals surface area contributed by atoms with Gasteiger partial charge in [-0.15, -0.1) is 0 Å². The van der Waals surface area contributed by atoms with E-state index in [1.54, 1.807) is 25.1 Å². The molecule has 0 bridgehead atoms. The second-order valence-corrected chi connectivity index (χ2v) is 8.02. The molecule has 1 atom stereocenters. The Morgan fingerprint density at radius 1 is 0.969 bits per heavy atom. The zero-order valence-electron chi connectivity index (χ0n) is 18.0. The van der Waals surface area contributed by atoms with E-state index < -0.39 is 12.1 Å². The molecule has 1 fully saturated rings. The Hall–Kier alpha value is -3.39. The molecule has 1 unspecified atom stereocenters. The van der Waals surface area contributed by atoms with Crippen LogP contribution in [0.5, 0.6) is 11.5 Å². The van der Waals surface area contributed by atoms with Crippen LogP contribution in [0, 0.1) is 5.92 Å². The molecule has 1 saturated heterocycles. The summed E-state index contributed by atoms with van der Waals surface area (Å²) in [6, 6.07) is 13.3. The first-order chi connectivity index (χ1) is 15.5. The van der Waals surface area contributed by atoms with Gasteiger partial charge in [0, 0.05) is 23.2 Å². The fraction of sp³-hybridized carbons (Fsp3) is 0.375. The largest absolute Gasteiger partial charge is 0.486 e. The topological polar surface area (TPSA) is 97.0 Å². The molecule has 8 nitrogen and oxygen atoms in total. The lowest BCUT2D eigenvalue weighted by Crippen LogP contribution is -2.50. The number of fused-ring (bicyclic) bond motifs is 1. The highest BCUT2D eigenvalue weighted by atomic mass is 16.6. The second-order valence-electron chi connectivity index (χ2n) is 8.02. The van der Waals surface area contributed by atoms with Gasteiger partial charge in [0.25, 0.3) is 0 Å². The van der Waals surface area contributed by atoms with Gasteiger partial charge in [-0.25, -0.2) is 4.79 Å². The molecule has 2 aliphatic heterocycles. The van der Waals surface area contributed by atoms with Crippen molar-refractivity contribution in [2.45, 2.75) is 25.8 Å². The smallest absolute Gasteiger partial charge is 0.325 e. The van der Waals surface area contributed by atoms with Crippen molar-refractivity contribution >= 4 is 23.4 Å². The third-order valence-electron chi connectivity index (χ3n) is 5.92. The molecule has 168 valence electrons. The number of rotatable bonds is 5. The van der Waals surface area contributed by atoms with Gasteiger partial charge in [-0.3, -0.25) is 19.8 Å². The quantitative estimate of drug-likeness (QED) is 0.698. The summed E-state index contributed by atoms with van der Waals surface area (Å²) in [4.78, 5) is 39.5. The maximum atomic E-state index is 12.7. The third-order valence-corrected chi connectivity index (χ3v) is 5.92. The number of nitrogens with one attached hydrogen (secondary N) is 2. The van der Waals surface area contributed by atoms with Gasteiger partial charge in [0.1, 0.15) is 13.2 Å². The van der Waals surface area contributed by atoms with E-state index in [2.05, 4.69) is 10.6 Å². The van der Waals surface area contributed by atoms with Gasteiger partial charge >= 0.3 is 6.03 Å². The Bertz CT molecular complexity index is 986. The number of hydrogen-bond donors (Lipinski definition) is 2. The number of likely N-dealkylation sites (tertiary alicyclic amines) is 1. The van der Waals surface area contributed by atoms with Crippen molar-refractivity contribution in [3.8, 4) is 11.5 Å². The standard InChI is InChI=1S/C24H27N3O5/c1-16(27-11-9-18(10-12-27)22(28)17-5-3-2-4-6-17)23(29)26-24(30)25-19-7-8-20-21(15-19)32-14-13-31-20/h2-8,15-16,18H,9-14H2,1H3,(H2,25,26,29,30). The van der Waals surface area contributed by atoms with Gasteiger partial charge < -0.3 is 14.8 Å². The van der Waals surface area contributed by atoms with Crippen LogP contribution in [0.15, 0.2) is 48.5 Å². The Labute approximate surface area is 186 Å². The van der Waals surface area contributed by atoms with Crippen LogP contribution in [0.3, 0.4) is 0 Å².